The van der Waals surface area contributed by atoms with Crippen LogP contribution in [0.3, 0.4) is 0 Å². The van der Waals surface area contributed by atoms with E-state index in [0.29, 0.717) is 12.2 Å². The quantitative estimate of drug-likeness (QED) is 0.405. The molecule has 0 radical (unpaired) electrons. The first-order valence-electron chi connectivity index (χ1n) is 8.13. The molecule has 0 fully saturated rings. The Hall–Kier alpha value is -2.98. The van der Waals surface area contributed by atoms with Crippen LogP contribution in [0.5, 0.6) is 11.5 Å². The third-order valence-electron chi connectivity index (χ3n) is 3.89. The number of nitrogens with zero attached hydrogens (tertiary/aromatic N) is 3. The predicted octanol–water partition coefficient (Wildman–Crippen LogP) is 3.97. The highest BCUT2D eigenvalue weighted by atomic mass is 32.1. The first kappa shape index (κ1) is 19.8. The lowest BCUT2D eigenvalue weighted by Gasteiger charge is -2.18. The fourth-order valence-corrected chi connectivity index (χ4v) is 3.82. The summed E-state index contributed by atoms with van der Waals surface area (Å²) in [6.07, 6.45) is 0. The Bertz CT molecular complexity index is 958. The number of amides is 1. The van der Waals surface area contributed by atoms with Crippen molar-refractivity contribution in [2.75, 3.05) is 14.2 Å². The van der Waals surface area contributed by atoms with E-state index in [9.17, 15) is 14.9 Å². The Morgan fingerprint density at radius 3 is 2.79 bits per heavy atom. The third kappa shape index (κ3) is 4.46. The molecule has 0 N–H and O–H groups in total. The molecule has 1 amide bonds. The minimum absolute atomic E-state index is 0.0538. The average Bonchev–Trinajstić information content (AvgIpc) is 3.38. The second-order valence-corrected chi connectivity index (χ2v) is 7.54. The van der Waals surface area contributed by atoms with E-state index in [-0.39, 0.29) is 29.4 Å². The fraction of sp³-hybridized carbons (Fsp3) is 0.222. The van der Waals surface area contributed by atoms with E-state index in [2.05, 4.69) is 4.98 Å². The van der Waals surface area contributed by atoms with E-state index < -0.39 is 10.8 Å². The number of hydrogen-bond donors (Lipinski definition) is 0. The highest BCUT2D eigenvalue weighted by molar-refractivity contribution is 7.09. The van der Waals surface area contributed by atoms with Gasteiger partial charge in [0.15, 0.2) is 11.5 Å². The zero-order chi connectivity index (χ0) is 20.1. The summed E-state index contributed by atoms with van der Waals surface area (Å²) >= 11 is 2.94. The van der Waals surface area contributed by atoms with Crippen molar-refractivity contribution in [2.24, 2.45) is 0 Å². The molecule has 0 aliphatic rings. The van der Waals surface area contributed by atoms with Gasteiger partial charge in [0.1, 0.15) is 12.2 Å². The summed E-state index contributed by atoms with van der Waals surface area (Å²) in [7, 11) is 3.02. The lowest BCUT2D eigenvalue weighted by Crippen LogP contribution is -2.26. The Morgan fingerprint density at radius 2 is 2.18 bits per heavy atom. The van der Waals surface area contributed by atoms with Crippen LogP contribution in [0.25, 0.3) is 0 Å². The molecule has 0 aliphatic heterocycles. The van der Waals surface area contributed by atoms with Crippen molar-refractivity contribution in [3.8, 4) is 11.5 Å². The van der Waals surface area contributed by atoms with Crippen LogP contribution in [0.2, 0.25) is 0 Å². The van der Waals surface area contributed by atoms with Crippen LogP contribution in [0.4, 0.5) is 5.69 Å². The van der Waals surface area contributed by atoms with E-state index in [1.54, 1.807) is 12.6 Å². The summed E-state index contributed by atoms with van der Waals surface area (Å²) < 4.78 is 10.9. The van der Waals surface area contributed by atoms with Gasteiger partial charge in [-0.1, -0.05) is 6.07 Å². The largest absolute Gasteiger partial charge is 0.493 e. The molecule has 10 heteroatoms. The number of carbonyl (C=O) groups excluding carboxylic acids is 1. The topological polar surface area (TPSA) is 94.8 Å². The standard InChI is InChI=1S/C18H17N3O5S2/c1-20(8-13-4-3-5-28-13)18(22)14-6-16(25-2)17(7-15(14)21(23)24)26-9-12-10-27-11-19-12/h3-7,10-11H,8-9H2,1-2H3. The molecule has 3 rings (SSSR count). The highest BCUT2D eigenvalue weighted by Crippen LogP contribution is 2.36. The third-order valence-corrected chi connectivity index (χ3v) is 5.38. The number of ether oxygens (including phenoxy) is 2. The highest BCUT2D eigenvalue weighted by Gasteiger charge is 2.27. The molecule has 0 bridgehead atoms. The number of aromatic nitrogens is 1. The van der Waals surface area contributed by atoms with Crippen molar-refractivity contribution in [3.63, 3.8) is 0 Å². The summed E-state index contributed by atoms with van der Waals surface area (Å²) in [6.45, 7) is 0.501. The van der Waals surface area contributed by atoms with Crippen LogP contribution < -0.4 is 9.47 Å². The van der Waals surface area contributed by atoms with Crippen LogP contribution in [-0.2, 0) is 13.2 Å². The van der Waals surface area contributed by atoms with Crippen LogP contribution in [0.15, 0.2) is 40.5 Å². The van der Waals surface area contributed by atoms with Crippen molar-refractivity contribution in [2.45, 2.75) is 13.2 Å². The molecule has 0 saturated heterocycles. The normalized spacial score (nSPS) is 10.5. The minimum atomic E-state index is -0.596. The van der Waals surface area contributed by atoms with E-state index in [1.165, 1.54) is 46.8 Å². The zero-order valence-corrected chi connectivity index (χ0v) is 16.8. The van der Waals surface area contributed by atoms with E-state index in [4.69, 9.17) is 9.47 Å². The number of methoxy groups -OCH3 is 1. The molecule has 0 aliphatic carbocycles. The van der Waals surface area contributed by atoms with Gasteiger partial charge in [-0.15, -0.1) is 22.7 Å². The molecule has 2 heterocycles. The second-order valence-electron chi connectivity index (χ2n) is 5.79. The van der Waals surface area contributed by atoms with Crippen molar-refractivity contribution in [1.29, 1.82) is 0 Å². The van der Waals surface area contributed by atoms with Gasteiger partial charge in [-0.25, -0.2) is 4.98 Å². The predicted molar refractivity (Wildman–Crippen MR) is 106 cm³/mol. The molecule has 28 heavy (non-hydrogen) atoms. The van der Waals surface area contributed by atoms with Crippen molar-refractivity contribution in [3.05, 3.63) is 66.8 Å². The fourth-order valence-electron chi connectivity index (χ4n) is 2.52. The smallest absolute Gasteiger partial charge is 0.286 e. The Labute approximate surface area is 169 Å². The number of nitro benzene ring substituents is 1. The minimum Gasteiger partial charge on any atom is -0.493 e. The summed E-state index contributed by atoms with van der Waals surface area (Å²) in [5, 5.41) is 15.3. The first-order chi connectivity index (χ1) is 13.5. The van der Waals surface area contributed by atoms with Gasteiger partial charge in [0.25, 0.3) is 11.6 Å². The molecule has 146 valence electrons. The van der Waals surface area contributed by atoms with Crippen LogP contribution in [0, 0.1) is 10.1 Å². The number of rotatable bonds is 8. The van der Waals surface area contributed by atoms with Gasteiger partial charge < -0.3 is 14.4 Å². The molecule has 8 nitrogen and oxygen atoms in total. The lowest BCUT2D eigenvalue weighted by atomic mass is 10.1. The maximum atomic E-state index is 12.8. The molecular formula is C18H17N3O5S2. The average molecular weight is 419 g/mol. The Morgan fingerprint density at radius 1 is 1.36 bits per heavy atom. The number of hydrogen-bond acceptors (Lipinski definition) is 8. The van der Waals surface area contributed by atoms with Gasteiger partial charge in [0, 0.05) is 23.4 Å². The molecule has 2 aromatic heterocycles. The first-order valence-corrected chi connectivity index (χ1v) is 9.96. The number of thiazole rings is 1. The van der Waals surface area contributed by atoms with Crippen molar-refractivity contribution < 1.29 is 19.2 Å². The molecule has 0 atom stereocenters. The molecule has 3 aromatic rings. The number of carbonyl (C=O) groups is 1. The van der Waals surface area contributed by atoms with Gasteiger partial charge in [-0.2, -0.15) is 0 Å². The van der Waals surface area contributed by atoms with Gasteiger partial charge in [-0.05, 0) is 11.4 Å². The molecule has 1 aromatic carbocycles. The second kappa shape index (κ2) is 8.81. The van der Waals surface area contributed by atoms with Gasteiger partial charge in [0.05, 0.1) is 35.8 Å². The maximum Gasteiger partial charge on any atom is 0.286 e. The zero-order valence-electron chi connectivity index (χ0n) is 15.2. The van der Waals surface area contributed by atoms with Gasteiger partial charge in [0.2, 0.25) is 0 Å². The summed E-state index contributed by atoms with van der Waals surface area (Å²) in [6, 6.07) is 6.36. The van der Waals surface area contributed by atoms with E-state index in [1.807, 2.05) is 22.9 Å². The molecular weight excluding hydrogens is 402 g/mol. The Balaban J connectivity index is 1.89. The van der Waals surface area contributed by atoms with Crippen LogP contribution in [-0.4, -0.2) is 34.9 Å². The SMILES string of the molecule is COc1cc(C(=O)N(C)Cc2cccs2)c([N+](=O)[O-])cc1OCc1cscn1. The molecule has 0 saturated carbocycles. The van der Waals surface area contributed by atoms with Gasteiger partial charge in [-0.3, -0.25) is 14.9 Å². The number of benzene rings is 1. The maximum absolute atomic E-state index is 12.8. The van der Waals surface area contributed by atoms with Crippen molar-refractivity contribution >= 4 is 34.3 Å². The summed E-state index contributed by atoms with van der Waals surface area (Å²) in [5.41, 5.74) is 1.98. The number of thiophene rings is 1. The number of nitro groups is 1. The van der Waals surface area contributed by atoms with Crippen LogP contribution >= 0.6 is 22.7 Å². The monoisotopic (exact) mass is 419 g/mol. The molecule has 0 spiro atoms. The molecule has 0 unspecified atom stereocenters. The van der Waals surface area contributed by atoms with Crippen molar-refractivity contribution in [1.82, 2.24) is 9.88 Å². The lowest BCUT2D eigenvalue weighted by molar-refractivity contribution is -0.385. The summed E-state index contributed by atoms with van der Waals surface area (Å²) in [4.78, 5) is 30.3. The Kier molecular flexibility index (Phi) is 6.22. The van der Waals surface area contributed by atoms with Crippen LogP contribution in [0.1, 0.15) is 20.9 Å². The van der Waals surface area contributed by atoms with E-state index in [0.717, 1.165) is 4.88 Å². The summed E-state index contributed by atoms with van der Waals surface area (Å²) in [5.74, 6) is -0.0437. The van der Waals surface area contributed by atoms with E-state index >= 15 is 0 Å². The van der Waals surface area contributed by atoms with Gasteiger partial charge >= 0.3 is 0 Å².